The Morgan fingerprint density at radius 3 is 3.00 bits per heavy atom. The van der Waals surface area contributed by atoms with E-state index >= 15 is 0 Å². The molecule has 0 saturated heterocycles. The van der Waals surface area contributed by atoms with Crippen LogP contribution in [0.2, 0.25) is 0 Å². The molecule has 4 heteroatoms. The third-order valence-corrected chi connectivity index (χ3v) is 2.49. The molecule has 0 spiro atoms. The summed E-state index contributed by atoms with van der Waals surface area (Å²) >= 11 is 0. The van der Waals surface area contributed by atoms with Gasteiger partial charge in [-0.3, -0.25) is 4.98 Å². The van der Waals surface area contributed by atoms with Crippen LogP contribution in [0, 0.1) is 11.8 Å². The van der Waals surface area contributed by atoms with Crippen LogP contribution in [0.25, 0.3) is 11.5 Å². The van der Waals surface area contributed by atoms with Crippen molar-refractivity contribution in [1.82, 2.24) is 9.97 Å². The van der Waals surface area contributed by atoms with Gasteiger partial charge in [-0.1, -0.05) is 12.0 Å². The fourth-order valence-electron chi connectivity index (χ4n) is 1.54. The van der Waals surface area contributed by atoms with Crippen LogP contribution < -0.4 is 0 Å². The van der Waals surface area contributed by atoms with Crippen molar-refractivity contribution in [3.05, 3.63) is 36.5 Å². The molecule has 0 saturated carbocycles. The average molecular weight is 254 g/mol. The summed E-state index contributed by atoms with van der Waals surface area (Å²) in [7, 11) is 0. The zero-order valence-electron chi connectivity index (χ0n) is 10.5. The van der Waals surface area contributed by atoms with Crippen LogP contribution in [0.4, 0.5) is 0 Å². The molecule has 0 atom stereocenters. The summed E-state index contributed by atoms with van der Waals surface area (Å²) in [6.45, 7) is 0. The number of hydrogen-bond donors (Lipinski definition) is 0. The minimum Gasteiger partial charge on any atom is -0.428 e. The Balaban J connectivity index is 1.91. The molecule has 2 aromatic heterocycles. The summed E-state index contributed by atoms with van der Waals surface area (Å²) in [5, 5.41) is 0. The van der Waals surface area contributed by atoms with Crippen LogP contribution in [0.15, 0.2) is 35.0 Å². The first-order chi connectivity index (χ1) is 9.40. The number of aromatic nitrogens is 2. The predicted octanol–water partition coefficient (Wildman–Crippen LogP) is 2.85. The monoisotopic (exact) mass is 254 g/mol. The number of rotatable bonds is 5. The molecule has 0 aliphatic carbocycles. The summed E-state index contributed by atoms with van der Waals surface area (Å²) in [4.78, 5) is 18.4. The topological polar surface area (TPSA) is 56.0 Å². The van der Waals surface area contributed by atoms with E-state index in [1.807, 2.05) is 18.2 Å². The lowest BCUT2D eigenvalue weighted by Crippen LogP contribution is -1.77. The highest BCUT2D eigenvalue weighted by molar-refractivity contribution is 5.50. The highest BCUT2D eigenvalue weighted by Gasteiger charge is 2.04. The van der Waals surface area contributed by atoms with Crippen molar-refractivity contribution in [1.29, 1.82) is 0 Å². The number of nitrogens with zero attached hydrogens (tertiary/aromatic N) is 2. The lowest BCUT2D eigenvalue weighted by atomic mass is 10.2. The predicted molar refractivity (Wildman–Crippen MR) is 71.1 cm³/mol. The largest absolute Gasteiger partial charge is 0.428 e. The number of oxazole rings is 1. The van der Waals surface area contributed by atoms with Crippen molar-refractivity contribution < 1.29 is 9.21 Å². The maximum Gasteiger partial charge on any atom is 0.273 e. The van der Waals surface area contributed by atoms with Gasteiger partial charge in [-0.25, -0.2) is 4.98 Å². The molecule has 0 N–H and O–H groups in total. The summed E-state index contributed by atoms with van der Waals surface area (Å²) < 4.78 is 5.49. The lowest BCUT2D eigenvalue weighted by Gasteiger charge is -1.91. The molecule has 0 radical (unpaired) electrons. The van der Waals surface area contributed by atoms with Gasteiger partial charge in [0.15, 0.2) is 5.76 Å². The van der Waals surface area contributed by atoms with Gasteiger partial charge < -0.3 is 9.21 Å². The second-order valence-corrected chi connectivity index (χ2v) is 3.96. The number of hydrogen-bond acceptors (Lipinski definition) is 4. The zero-order chi connectivity index (χ0) is 13.3. The highest BCUT2D eigenvalue weighted by atomic mass is 16.4. The van der Waals surface area contributed by atoms with Gasteiger partial charge in [-0.2, -0.15) is 0 Å². The van der Waals surface area contributed by atoms with Gasteiger partial charge in [0.05, 0.1) is 6.20 Å². The van der Waals surface area contributed by atoms with Crippen LogP contribution in [-0.4, -0.2) is 16.3 Å². The quantitative estimate of drug-likeness (QED) is 0.467. The summed E-state index contributed by atoms with van der Waals surface area (Å²) in [6.07, 6.45) is 7.40. The van der Waals surface area contributed by atoms with E-state index < -0.39 is 0 Å². The van der Waals surface area contributed by atoms with Gasteiger partial charge in [0.2, 0.25) is 0 Å². The average Bonchev–Trinajstić information content (AvgIpc) is 2.92. The van der Waals surface area contributed by atoms with E-state index in [4.69, 9.17) is 4.42 Å². The van der Waals surface area contributed by atoms with Crippen molar-refractivity contribution in [2.75, 3.05) is 0 Å². The van der Waals surface area contributed by atoms with Crippen LogP contribution >= 0.6 is 0 Å². The van der Waals surface area contributed by atoms with E-state index in [1.165, 1.54) is 0 Å². The fourth-order valence-corrected chi connectivity index (χ4v) is 1.54. The van der Waals surface area contributed by atoms with Gasteiger partial charge in [0.1, 0.15) is 12.0 Å². The smallest absolute Gasteiger partial charge is 0.273 e. The summed E-state index contributed by atoms with van der Waals surface area (Å²) in [6, 6.07) is 5.60. The second-order valence-electron chi connectivity index (χ2n) is 3.96. The number of unbranched alkanes of at least 4 members (excludes halogenated alkanes) is 3. The molecule has 0 aliphatic heterocycles. The molecule has 0 unspecified atom stereocenters. The minimum atomic E-state index is 0.399. The molecule has 2 heterocycles. The normalized spacial score (nSPS) is 9.68. The lowest BCUT2D eigenvalue weighted by molar-refractivity contribution is -0.107. The zero-order valence-corrected chi connectivity index (χ0v) is 10.5. The van der Waals surface area contributed by atoms with Crippen molar-refractivity contribution in [2.45, 2.75) is 25.7 Å². The highest BCUT2D eigenvalue weighted by Crippen LogP contribution is 2.16. The van der Waals surface area contributed by atoms with E-state index in [-0.39, 0.29) is 0 Å². The van der Waals surface area contributed by atoms with Crippen molar-refractivity contribution >= 4 is 6.29 Å². The standard InChI is InChI=1S/C15H14N2O2/c18-11-7-3-1-2-4-9-15-17-12-14(19-15)13-8-5-6-10-16-13/h5-6,8,10-12H,1-3,7H2. The Labute approximate surface area is 111 Å². The first-order valence-corrected chi connectivity index (χ1v) is 6.20. The molecule has 0 bridgehead atoms. The maximum absolute atomic E-state index is 10.1. The Morgan fingerprint density at radius 2 is 2.21 bits per heavy atom. The Kier molecular flexibility index (Phi) is 4.88. The Morgan fingerprint density at radius 1 is 1.26 bits per heavy atom. The van der Waals surface area contributed by atoms with Gasteiger partial charge in [0, 0.05) is 19.0 Å². The molecule has 0 aromatic carbocycles. The first kappa shape index (κ1) is 13.0. The summed E-state index contributed by atoms with van der Waals surface area (Å²) in [5.74, 6) is 6.87. The fraction of sp³-hybridized carbons (Fsp3) is 0.267. The van der Waals surface area contributed by atoms with Gasteiger partial charge in [-0.15, -0.1) is 0 Å². The Hall–Kier alpha value is -2.41. The van der Waals surface area contributed by atoms with Crippen molar-refractivity contribution in [3.63, 3.8) is 0 Å². The van der Waals surface area contributed by atoms with E-state index in [9.17, 15) is 4.79 Å². The number of carbonyl (C=O) groups is 1. The molecule has 0 amide bonds. The summed E-state index contributed by atoms with van der Waals surface area (Å²) in [5.41, 5.74) is 0.744. The molecule has 4 nitrogen and oxygen atoms in total. The van der Waals surface area contributed by atoms with E-state index in [2.05, 4.69) is 21.8 Å². The Bertz CT molecular complexity index is 579. The van der Waals surface area contributed by atoms with Crippen LogP contribution in [0.3, 0.4) is 0 Å². The van der Waals surface area contributed by atoms with E-state index in [1.54, 1.807) is 12.4 Å². The third-order valence-electron chi connectivity index (χ3n) is 2.49. The molecular formula is C15H14N2O2. The van der Waals surface area contributed by atoms with E-state index in [0.717, 1.165) is 31.2 Å². The van der Waals surface area contributed by atoms with Crippen LogP contribution in [0.5, 0.6) is 0 Å². The van der Waals surface area contributed by atoms with Crippen molar-refractivity contribution in [3.8, 4) is 23.3 Å². The van der Waals surface area contributed by atoms with E-state index in [0.29, 0.717) is 18.1 Å². The molecule has 0 aliphatic rings. The molecule has 2 aromatic rings. The molecule has 19 heavy (non-hydrogen) atoms. The number of pyridine rings is 1. The van der Waals surface area contributed by atoms with Crippen molar-refractivity contribution in [2.24, 2.45) is 0 Å². The van der Waals surface area contributed by atoms with Gasteiger partial charge in [-0.05, 0) is 30.9 Å². The maximum atomic E-state index is 10.1. The second kappa shape index (κ2) is 7.12. The number of carbonyl (C=O) groups excluding carboxylic acids is 1. The third kappa shape index (κ3) is 4.07. The minimum absolute atomic E-state index is 0.399. The van der Waals surface area contributed by atoms with Crippen LogP contribution in [0.1, 0.15) is 31.6 Å². The molecule has 2 rings (SSSR count). The molecule has 0 fully saturated rings. The number of aldehydes is 1. The van der Waals surface area contributed by atoms with Crippen LogP contribution in [-0.2, 0) is 4.79 Å². The first-order valence-electron chi connectivity index (χ1n) is 6.20. The molecular weight excluding hydrogens is 240 g/mol. The molecule has 96 valence electrons. The SMILES string of the molecule is O=CCCCCC#Cc1ncc(-c2ccccn2)o1. The van der Waals surface area contributed by atoms with Gasteiger partial charge >= 0.3 is 0 Å². The van der Waals surface area contributed by atoms with Gasteiger partial charge in [0.25, 0.3) is 5.89 Å².